The number of benzene rings is 2. The zero-order valence-corrected chi connectivity index (χ0v) is 17.8. The van der Waals surface area contributed by atoms with Gasteiger partial charge in [0, 0.05) is 18.3 Å². The standard InChI is InChI=1S/C23H20N4O3S/c1-15-20(23(30)27(26(15)2)18-7-4-3-5-8-18)25-21(28)16-10-12-17(13-11-16)24-22(29)19-9-6-14-31-19/h3-14H,1-2H3,(H,24,29)(H,25,28). The monoisotopic (exact) mass is 432 g/mol. The smallest absolute Gasteiger partial charge is 0.295 e. The van der Waals surface area contributed by atoms with E-state index in [1.54, 1.807) is 49.0 Å². The molecule has 0 saturated carbocycles. The van der Waals surface area contributed by atoms with Crippen LogP contribution in [0.4, 0.5) is 11.4 Å². The number of hydrogen-bond donors (Lipinski definition) is 2. The lowest BCUT2D eigenvalue weighted by atomic mass is 10.2. The van der Waals surface area contributed by atoms with Crippen LogP contribution in [0.25, 0.3) is 5.69 Å². The van der Waals surface area contributed by atoms with Crippen molar-refractivity contribution < 1.29 is 9.59 Å². The number of nitrogens with zero attached hydrogens (tertiary/aromatic N) is 2. The van der Waals surface area contributed by atoms with Gasteiger partial charge in [-0.15, -0.1) is 11.3 Å². The second-order valence-corrected chi connectivity index (χ2v) is 7.85. The highest BCUT2D eigenvalue weighted by atomic mass is 32.1. The molecule has 0 spiro atoms. The van der Waals surface area contributed by atoms with Crippen molar-refractivity contribution in [2.45, 2.75) is 6.92 Å². The molecule has 31 heavy (non-hydrogen) atoms. The maximum Gasteiger partial charge on any atom is 0.295 e. The maximum atomic E-state index is 12.9. The number of carbonyl (C=O) groups is 2. The Bertz CT molecular complexity index is 1290. The summed E-state index contributed by atoms with van der Waals surface area (Å²) in [5, 5.41) is 7.35. The van der Waals surface area contributed by atoms with Gasteiger partial charge in [-0.05, 0) is 54.8 Å². The lowest BCUT2D eigenvalue weighted by molar-refractivity contribution is 0.102. The van der Waals surface area contributed by atoms with Crippen molar-refractivity contribution in [3.8, 4) is 5.69 Å². The van der Waals surface area contributed by atoms with E-state index in [0.717, 1.165) is 0 Å². The fraction of sp³-hybridized carbons (Fsp3) is 0.0870. The molecule has 8 heteroatoms. The van der Waals surface area contributed by atoms with Crippen LogP contribution in [0.5, 0.6) is 0 Å². The Morgan fingerprint density at radius 2 is 1.58 bits per heavy atom. The van der Waals surface area contributed by atoms with Crippen molar-refractivity contribution in [2.75, 3.05) is 10.6 Å². The Morgan fingerprint density at radius 1 is 0.871 bits per heavy atom. The summed E-state index contributed by atoms with van der Waals surface area (Å²) in [6, 6.07) is 19.3. The Labute approximate surface area is 182 Å². The molecule has 0 unspecified atom stereocenters. The lowest BCUT2D eigenvalue weighted by Gasteiger charge is -2.07. The summed E-state index contributed by atoms with van der Waals surface area (Å²) < 4.78 is 3.21. The maximum absolute atomic E-state index is 12.9. The van der Waals surface area contributed by atoms with E-state index in [-0.39, 0.29) is 17.2 Å². The van der Waals surface area contributed by atoms with Crippen LogP contribution in [-0.2, 0) is 7.05 Å². The zero-order valence-electron chi connectivity index (χ0n) is 17.0. The van der Waals surface area contributed by atoms with Gasteiger partial charge in [0.15, 0.2) is 0 Å². The summed E-state index contributed by atoms with van der Waals surface area (Å²) in [4.78, 5) is 38.4. The molecule has 0 bridgehead atoms. The fourth-order valence-corrected chi connectivity index (χ4v) is 3.82. The molecule has 2 N–H and O–H groups in total. The van der Waals surface area contributed by atoms with Crippen LogP contribution >= 0.6 is 11.3 Å². The second kappa shape index (κ2) is 8.45. The normalized spacial score (nSPS) is 10.6. The van der Waals surface area contributed by atoms with E-state index < -0.39 is 5.91 Å². The highest BCUT2D eigenvalue weighted by molar-refractivity contribution is 7.12. The first-order chi connectivity index (χ1) is 15.0. The molecule has 2 amide bonds. The Hall–Kier alpha value is -3.91. The highest BCUT2D eigenvalue weighted by Gasteiger charge is 2.19. The molecule has 156 valence electrons. The molecule has 7 nitrogen and oxygen atoms in total. The third-order valence-corrected chi connectivity index (χ3v) is 5.81. The number of carbonyl (C=O) groups excluding carboxylic acids is 2. The molecule has 0 aliphatic rings. The first-order valence-corrected chi connectivity index (χ1v) is 10.4. The summed E-state index contributed by atoms with van der Waals surface area (Å²) >= 11 is 1.35. The summed E-state index contributed by atoms with van der Waals surface area (Å²) in [6.07, 6.45) is 0. The average molecular weight is 433 g/mol. The van der Waals surface area contributed by atoms with Gasteiger partial charge in [-0.2, -0.15) is 0 Å². The molecule has 2 aromatic heterocycles. The number of hydrogen-bond acceptors (Lipinski definition) is 4. The predicted octanol–water partition coefficient (Wildman–Crippen LogP) is 4.05. The van der Waals surface area contributed by atoms with E-state index >= 15 is 0 Å². The van der Waals surface area contributed by atoms with E-state index in [9.17, 15) is 14.4 Å². The Balaban J connectivity index is 1.52. The number of thiophene rings is 1. The summed E-state index contributed by atoms with van der Waals surface area (Å²) in [5.41, 5.74) is 2.23. The molecule has 0 aliphatic carbocycles. The van der Waals surface area contributed by atoms with E-state index in [1.807, 2.05) is 41.8 Å². The van der Waals surface area contributed by atoms with Crippen LogP contribution in [0.2, 0.25) is 0 Å². The molecular formula is C23H20N4O3S. The number of anilines is 2. The molecule has 2 heterocycles. The van der Waals surface area contributed by atoms with E-state index in [1.165, 1.54) is 16.0 Å². The van der Waals surface area contributed by atoms with Crippen molar-refractivity contribution in [3.05, 3.63) is 98.6 Å². The van der Waals surface area contributed by atoms with Gasteiger partial charge in [0.1, 0.15) is 5.69 Å². The lowest BCUT2D eigenvalue weighted by Crippen LogP contribution is -2.23. The quantitative estimate of drug-likeness (QED) is 0.499. The molecule has 4 rings (SSSR count). The molecule has 2 aromatic carbocycles. The van der Waals surface area contributed by atoms with Crippen LogP contribution in [0.3, 0.4) is 0 Å². The number of amides is 2. The highest BCUT2D eigenvalue weighted by Crippen LogP contribution is 2.17. The summed E-state index contributed by atoms with van der Waals surface area (Å²) in [7, 11) is 1.77. The van der Waals surface area contributed by atoms with Gasteiger partial charge >= 0.3 is 0 Å². The van der Waals surface area contributed by atoms with Gasteiger partial charge in [0.2, 0.25) is 0 Å². The molecule has 0 radical (unpaired) electrons. The molecule has 0 fully saturated rings. The minimum Gasteiger partial charge on any atom is -0.321 e. The van der Waals surface area contributed by atoms with Gasteiger partial charge in [-0.1, -0.05) is 24.3 Å². The van der Waals surface area contributed by atoms with Gasteiger partial charge in [0.25, 0.3) is 17.4 Å². The average Bonchev–Trinajstić information content (AvgIpc) is 3.39. The molecule has 4 aromatic rings. The van der Waals surface area contributed by atoms with E-state index in [4.69, 9.17) is 0 Å². The van der Waals surface area contributed by atoms with Gasteiger partial charge in [-0.25, -0.2) is 4.68 Å². The van der Waals surface area contributed by atoms with Crippen LogP contribution in [0, 0.1) is 6.92 Å². The summed E-state index contributed by atoms with van der Waals surface area (Å²) in [5.74, 6) is -0.601. The Kier molecular flexibility index (Phi) is 5.55. The van der Waals surface area contributed by atoms with Crippen molar-refractivity contribution >= 4 is 34.5 Å². The summed E-state index contributed by atoms with van der Waals surface area (Å²) in [6.45, 7) is 1.78. The zero-order chi connectivity index (χ0) is 22.0. The number of rotatable bonds is 5. The van der Waals surface area contributed by atoms with Crippen LogP contribution in [-0.4, -0.2) is 21.2 Å². The van der Waals surface area contributed by atoms with Gasteiger partial charge < -0.3 is 10.6 Å². The van der Waals surface area contributed by atoms with Gasteiger partial charge in [-0.3, -0.25) is 19.1 Å². The molecule has 0 atom stereocenters. The van der Waals surface area contributed by atoms with Crippen LogP contribution in [0.1, 0.15) is 25.7 Å². The minimum atomic E-state index is -0.401. The second-order valence-electron chi connectivity index (χ2n) is 6.90. The van der Waals surface area contributed by atoms with Crippen molar-refractivity contribution in [1.82, 2.24) is 9.36 Å². The first kappa shape index (κ1) is 20.4. The van der Waals surface area contributed by atoms with E-state index in [2.05, 4.69) is 10.6 Å². The third kappa shape index (κ3) is 4.06. The van der Waals surface area contributed by atoms with Gasteiger partial charge in [0.05, 0.1) is 16.3 Å². The number of nitrogens with one attached hydrogen (secondary N) is 2. The van der Waals surface area contributed by atoms with Crippen molar-refractivity contribution in [3.63, 3.8) is 0 Å². The SMILES string of the molecule is Cc1c(NC(=O)c2ccc(NC(=O)c3cccs3)cc2)c(=O)n(-c2ccccc2)n1C. The number of aromatic nitrogens is 2. The minimum absolute atomic E-state index is 0.200. The molecule has 0 aliphatic heterocycles. The molecule has 0 saturated heterocycles. The number of para-hydroxylation sites is 1. The Morgan fingerprint density at radius 3 is 2.23 bits per heavy atom. The van der Waals surface area contributed by atoms with Crippen molar-refractivity contribution in [2.24, 2.45) is 7.05 Å². The third-order valence-electron chi connectivity index (χ3n) is 4.94. The largest absolute Gasteiger partial charge is 0.321 e. The topological polar surface area (TPSA) is 85.1 Å². The molecular weight excluding hydrogens is 412 g/mol. The predicted molar refractivity (Wildman–Crippen MR) is 122 cm³/mol. The first-order valence-electron chi connectivity index (χ1n) is 9.56. The van der Waals surface area contributed by atoms with Crippen molar-refractivity contribution in [1.29, 1.82) is 0 Å². The fourth-order valence-electron chi connectivity index (χ4n) is 3.20. The van der Waals surface area contributed by atoms with E-state index in [0.29, 0.717) is 27.5 Å². The van der Waals surface area contributed by atoms with Crippen LogP contribution < -0.4 is 16.2 Å². The van der Waals surface area contributed by atoms with Crippen LogP contribution in [0.15, 0.2) is 76.9 Å².